The van der Waals surface area contributed by atoms with Gasteiger partial charge in [0.1, 0.15) is 0 Å². The number of likely N-dealkylation sites (N-methyl/N-ethyl adjacent to an activating group) is 1. The molecule has 1 aromatic carbocycles. The van der Waals surface area contributed by atoms with Gasteiger partial charge in [-0.05, 0) is 46.2 Å². The Kier molecular flexibility index (Phi) is 6.59. The van der Waals surface area contributed by atoms with Crippen LogP contribution in [0.5, 0.6) is 11.5 Å². The van der Waals surface area contributed by atoms with Crippen molar-refractivity contribution in [2.45, 2.75) is 6.54 Å². The fraction of sp³-hybridized carbons (Fsp3) is 0.222. The maximum Gasteiger partial charge on any atom is 0.331 e. The molecule has 0 atom stereocenters. The number of phenols is 1. The van der Waals surface area contributed by atoms with Crippen molar-refractivity contribution in [3.05, 3.63) is 52.2 Å². The summed E-state index contributed by atoms with van der Waals surface area (Å²) < 4.78 is 9.94. The zero-order valence-electron chi connectivity index (χ0n) is 14.0. The number of benzene rings is 1. The molecular formula is C18H19NO5S. The number of esters is 1. The van der Waals surface area contributed by atoms with Crippen LogP contribution in [0.3, 0.4) is 0 Å². The van der Waals surface area contributed by atoms with Crippen molar-refractivity contribution in [2.24, 2.45) is 0 Å². The molecule has 0 aliphatic carbocycles. The van der Waals surface area contributed by atoms with Crippen LogP contribution in [0.4, 0.5) is 0 Å². The van der Waals surface area contributed by atoms with Crippen LogP contribution in [0.25, 0.3) is 6.08 Å². The molecule has 1 N–H and O–H groups in total. The summed E-state index contributed by atoms with van der Waals surface area (Å²) in [5.74, 6) is -0.578. The number of nitrogens with zero attached hydrogens (tertiary/aromatic N) is 1. The fourth-order valence-corrected chi connectivity index (χ4v) is 2.66. The van der Waals surface area contributed by atoms with E-state index >= 15 is 0 Å². The molecule has 6 nitrogen and oxygen atoms in total. The van der Waals surface area contributed by atoms with Gasteiger partial charge in [-0.15, -0.1) is 0 Å². The van der Waals surface area contributed by atoms with Gasteiger partial charge in [-0.25, -0.2) is 4.79 Å². The highest BCUT2D eigenvalue weighted by Crippen LogP contribution is 2.26. The van der Waals surface area contributed by atoms with Crippen LogP contribution in [0, 0.1) is 0 Å². The molecule has 1 heterocycles. The summed E-state index contributed by atoms with van der Waals surface area (Å²) in [6.45, 7) is 0.158. The van der Waals surface area contributed by atoms with E-state index in [0.29, 0.717) is 17.9 Å². The first-order chi connectivity index (χ1) is 12.0. The van der Waals surface area contributed by atoms with Gasteiger partial charge >= 0.3 is 5.97 Å². The largest absolute Gasteiger partial charge is 0.504 e. The van der Waals surface area contributed by atoms with Gasteiger partial charge in [-0.2, -0.15) is 11.3 Å². The van der Waals surface area contributed by atoms with Crippen LogP contribution in [0.15, 0.2) is 41.1 Å². The number of amides is 1. The summed E-state index contributed by atoms with van der Waals surface area (Å²) in [7, 11) is 3.10. The minimum atomic E-state index is -0.621. The molecule has 0 saturated carbocycles. The molecule has 0 aliphatic rings. The number of carbonyl (C=O) groups excluding carboxylic acids is 2. The van der Waals surface area contributed by atoms with E-state index in [1.54, 1.807) is 30.5 Å². The highest BCUT2D eigenvalue weighted by atomic mass is 32.1. The van der Waals surface area contributed by atoms with E-state index < -0.39 is 5.97 Å². The number of aromatic hydroxyl groups is 1. The van der Waals surface area contributed by atoms with Crippen LogP contribution in [0.1, 0.15) is 11.1 Å². The van der Waals surface area contributed by atoms with Crippen molar-refractivity contribution in [3.63, 3.8) is 0 Å². The Labute approximate surface area is 149 Å². The summed E-state index contributed by atoms with van der Waals surface area (Å²) in [5, 5.41) is 13.4. The number of ether oxygens (including phenoxy) is 2. The van der Waals surface area contributed by atoms with E-state index in [-0.39, 0.29) is 18.3 Å². The Hall–Kier alpha value is -2.80. The first-order valence-corrected chi connectivity index (χ1v) is 8.40. The molecule has 0 unspecified atom stereocenters. The molecule has 0 aliphatic heterocycles. The van der Waals surface area contributed by atoms with Crippen molar-refractivity contribution in [1.82, 2.24) is 4.90 Å². The molecule has 0 radical (unpaired) electrons. The van der Waals surface area contributed by atoms with Crippen LogP contribution in [-0.2, 0) is 20.9 Å². The van der Waals surface area contributed by atoms with Crippen LogP contribution in [-0.4, -0.2) is 42.6 Å². The van der Waals surface area contributed by atoms with Crippen LogP contribution < -0.4 is 4.74 Å². The number of thiophene rings is 1. The predicted molar refractivity (Wildman–Crippen MR) is 95.4 cm³/mol. The smallest absolute Gasteiger partial charge is 0.331 e. The zero-order valence-corrected chi connectivity index (χ0v) is 14.8. The Morgan fingerprint density at radius 3 is 2.80 bits per heavy atom. The van der Waals surface area contributed by atoms with Gasteiger partial charge in [0.2, 0.25) is 0 Å². The number of methoxy groups -OCH3 is 1. The second kappa shape index (κ2) is 8.89. The average Bonchev–Trinajstić information content (AvgIpc) is 3.11. The summed E-state index contributed by atoms with van der Waals surface area (Å²) in [6.07, 6.45) is 2.74. The minimum Gasteiger partial charge on any atom is -0.504 e. The predicted octanol–water partition coefficient (Wildman–Crippen LogP) is 2.68. The summed E-state index contributed by atoms with van der Waals surface area (Å²) in [5.41, 5.74) is 1.70. The van der Waals surface area contributed by atoms with Crippen molar-refractivity contribution >= 4 is 29.3 Å². The first-order valence-electron chi connectivity index (χ1n) is 7.46. The topological polar surface area (TPSA) is 76.1 Å². The summed E-state index contributed by atoms with van der Waals surface area (Å²) >= 11 is 1.56. The molecule has 1 aromatic heterocycles. The van der Waals surface area contributed by atoms with Gasteiger partial charge in [0, 0.05) is 19.7 Å². The maximum absolute atomic E-state index is 12.0. The van der Waals surface area contributed by atoms with Crippen molar-refractivity contribution in [1.29, 1.82) is 0 Å². The lowest BCUT2D eigenvalue weighted by Gasteiger charge is -2.15. The normalized spacial score (nSPS) is 10.6. The maximum atomic E-state index is 12.0. The van der Waals surface area contributed by atoms with Crippen LogP contribution >= 0.6 is 11.3 Å². The van der Waals surface area contributed by atoms with Gasteiger partial charge in [-0.1, -0.05) is 6.07 Å². The first kappa shape index (κ1) is 18.5. The third-order valence-corrected chi connectivity index (χ3v) is 4.11. The van der Waals surface area contributed by atoms with E-state index in [9.17, 15) is 14.7 Å². The molecule has 132 valence electrons. The lowest BCUT2D eigenvalue weighted by molar-refractivity contribution is -0.147. The molecule has 2 aromatic rings. The molecule has 7 heteroatoms. The standard InChI is InChI=1S/C18H19NO5S/c1-19(10-14-7-8-25-12-14)17(21)11-24-18(22)6-4-13-3-5-15(20)16(9-13)23-2/h3-9,12,20H,10-11H2,1-2H3/b6-4+. The molecule has 0 saturated heterocycles. The monoisotopic (exact) mass is 361 g/mol. The lowest BCUT2D eigenvalue weighted by Crippen LogP contribution is -2.30. The van der Waals surface area contributed by atoms with Crippen LogP contribution in [0.2, 0.25) is 0 Å². The highest BCUT2D eigenvalue weighted by Gasteiger charge is 2.11. The second-order valence-corrected chi connectivity index (χ2v) is 6.03. The number of rotatable bonds is 7. The summed E-state index contributed by atoms with van der Waals surface area (Å²) in [4.78, 5) is 25.2. The Balaban J connectivity index is 1.82. The van der Waals surface area contributed by atoms with E-state index in [1.807, 2.05) is 16.8 Å². The van der Waals surface area contributed by atoms with Gasteiger partial charge in [0.25, 0.3) is 5.91 Å². The van der Waals surface area contributed by atoms with Gasteiger partial charge < -0.3 is 19.5 Å². The third-order valence-electron chi connectivity index (χ3n) is 3.38. The van der Waals surface area contributed by atoms with E-state index in [4.69, 9.17) is 9.47 Å². The Bertz CT molecular complexity index is 755. The number of hydrogen-bond acceptors (Lipinski definition) is 6. The van der Waals surface area contributed by atoms with Crippen molar-refractivity contribution < 1.29 is 24.2 Å². The highest BCUT2D eigenvalue weighted by molar-refractivity contribution is 7.07. The van der Waals surface area contributed by atoms with Crippen molar-refractivity contribution in [3.8, 4) is 11.5 Å². The zero-order chi connectivity index (χ0) is 18.2. The van der Waals surface area contributed by atoms with E-state index in [2.05, 4.69) is 0 Å². The molecule has 0 fully saturated rings. The Morgan fingerprint density at radius 1 is 1.32 bits per heavy atom. The van der Waals surface area contributed by atoms with Gasteiger partial charge in [0.05, 0.1) is 7.11 Å². The molecule has 0 spiro atoms. The fourth-order valence-electron chi connectivity index (χ4n) is 2.00. The SMILES string of the molecule is COc1cc(/C=C/C(=O)OCC(=O)N(C)Cc2ccsc2)ccc1O. The third kappa shape index (κ3) is 5.65. The van der Waals surface area contributed by atoms with Gasteiger partial charge in [-0.3, -0.25) is 4.79 Å². The quantitative estimate of drug-likeness (QED) is 0.606. The second-order valence-electron chi connectivity index (χ2n) is 5.25. The summed E-state index contributed by atoms with van der Waals surface area (Å²) in [6, 6.07) is 6.61. The number of phenolic OH excluding ortho intramolecular Hbond substituents is 1. The van der Waals surface area contributed by atoms with E-state index in [0.717, 1.165) is 5.56 Å². The molecule has 25 heavy (non-hydrogen) atoms. The molecule has 0 bridgehead atoms. The number of hydrogen-bond donors (Lipinski definition) is 1. The lowest BCUT2D eigenvalue weighted by atomic mass is 10.2. The Morgan fingerprint density at radius 2 is 2.12 bits per heavy atom. The average molecular weight is 361 g/mol. The van der Waals surface area contributed by atoms with E-state index in [1.165, 1.54) is 30.2 Å². The number of carbonyl (C=O) groups is 2. The molecular weight excluding hydrogens is 342 g/mol. The minimum absolute atomic E-state index is 0.0153. The molecule has 1 amide bonds. The van der Waals surface area contributed by atoms with Gasteiger partial charge in [0.15, 0.2) is 18.1 Å². The van der Waals surface area contributed by atoms with Crippen molar-refractivity contribution in [2.75, 3.05) is 20.8 Å². The molecule has 2 rings (SSSR count).